The van der Waals surface area contributed by atoms with E-state index in [0.717, 1.165) is 29.8 Å². The molecule has 0 radical (unpaired) electrons. The maximum absolute atomic E-state index is 4.73. The lowest BCUT2D eigenvalue weighted by Crippen LogP contribution is -2.29. The predicted octanol–water partition coefficient (Wildman–Crippen LogP) is 3.73. The molecule has 1 aromatic carbocycles. The molecule has 1 aromatic rings. The molecule has 2 nitrogen and oxygen atoms in total. The maximum atomic E-state index is 4.73. The third-order valence-corrected chi connectivity index (χ3v) is 4.81. The summed E-state index contributed by atoms with van der Waals surface area (Å²) >= 11 is 1.87. The van der Waals surface area contributed by atoms with Gasteiger partial charge in [0.05, 0.1) is 0 Å². The number of hydrogen-bond donors (Lipinski definition) is 1. The first-order valence-electron chi connectivity index (χ1n) is 7.29. The summed E-state index contributed by atoms with van der Waals surface area (Å²) in [5.74, 6) is 1.87. The topological polar surface area (TPSA) is 24.4 Å². The normalized spacial score (nSPS) is 21.0. The van der Waals surface area contributed by atoms with Crippen LogP contribution in [0.1, 0.15) is 32.3 Å². The van der Waals surface area contributed by atoms with E-state index in [4.69, 9.17) is 4.99 Å². The van der Waals surface area contributed by atoms with Crippen molar-refractivity contribution in [1.29, 1.82) is 0 Å². The smallest absolute Gasteiger partial charge is 0.156 e. The van der Waals surface area contributed by atoms with Crippen LogP contribution >= 0.6 is 11.8 Å². The molecule has 1 fully saturated rings. The van der Waals surface area contributed by atoms with Crippen LogP contribution in [0.25, 0.3) is 0 Å². The molecule has 1 heterocycles. The van der Waals surface area contributed by atoms with Crippen LogP contribution in [0, 0.1) is 5.92 Å². The van der Waals surface area contributed by atoms with E-state index in [1.807, 2.05) is 11.8 Å². The molecule has 0 amide bonds. The third-order valence-electron chi connectivity index (χ3n) is 3.72. The first-order chi connectivity index (χ1) is 9.31. The standard InChI is InChI=1S/C16H24N2S/c1-3-13(4-2)11-17-16-18-15(12-19-16)10-14-8-6-5-7-9-14/h5-9,13,15H,3-4,10-12H2,1-2H3,(H,17,18). The van der Waals surface area contributed by atoms with Gasteiger partial charge in [0.25, 0.3) is 0 Å². The quantitative estimate of drug-likeness (QED) is 0.856. The molecular weight excluding hydrogens is 252 g/mol. The Morgan fingerprint density at radius 1 is 1.26 bits per heavy atom. The fraction of sp³-hybridized carbons (Fsp3) is 0.562. The van der Waals surface area contributed by atoms with Crippen LogP contribution in [0.3, 0.4) is 0 Å². The summed E-state index contributed by atoms with van der Waals surface area (Å²) in [7, 11) is 0. The van der Waals surface area contributed by atoms with E-state index >= 15 is 0 Å². The van der Waals surface area contributed by atoms with Crippen LogP contribution in [-0.4, -0.2) is 23.5 Å². The van der Waals surface area contributed by atoms with Crippen LogP contribution in [0.4, 0.5) is 0 Å². The molecule has 2 rings (SSSR count). The van der Waals surface area contributed by atoms with Gasteiger partial charge in [-0.1, -0.05) is 68.8 Å². The molecule has 0 aromatic heterocycles. The van der Waals surface area contributed by atoms with Gasteiger partial charge in [-0.15, -0.1) is 0 Å². The van der Waals surface area contributed by atoms with Crippen LogP contribution in [0.5, 0.6) is 0 Å². The molecule has 1 aliphatic rings. The average molecular weight is 276 g/mol. The molecule has 1 N–H and O–H groups in total. The number of nitrogens with one attached hydrogen (secondary N) is 1. The van der Waals surface area contributed by atoms with Crippen molar-refractivity contribution >= 4 is 16.9 Å². The summed E-state index contributed by atoms with van der Waals surface area (Å²) in [6.07, 6.45) is 3.55. The molecule has 19 heavy (non-hydrogen) atoms. The van der Waals surface area contributed by atoms with Gasteiger partial charge in [0.15, 0.2) is 5.17 Å². The second kappa shape index (κ2) is 7.59. The van der Waals surface area contributed by atoms with Crippen molar-refractivity contribution in [2.24, 2.45) is 10.9 Å². The number of aliphatic imine (C=N–C) groups is 1. The summed E-state index contributed by atoms with van der Waals surface area (Å²) in [4.78, 5) is 4.73. The Morgan fingerprint density at radius 2 is 2.00 bits per heavy atom. The van der Waals surface area contributed by atoms with Crippen molar-refractivity contribution in [2.45, 2.75) is 39.2 Å². The zero-order valence-electron chi connectivity index (χ0n) is 11.9. The zero-order chi connectivity index (χ0) is 13.5. The summed E-state index contributed by atoms with van der Waals surface area (Å²) < 4.78 is 0. The number of rotatable bonds is 6. The van der Waals surface area contributed by atoms with E-state index in [1.165, 1.54) is 18.4 Å². The first kappa shape index (κ1) is 14.4. The Kier molecular flexibility index (Phi) is 5.77. The van der Waals surface area contributed by atoms with E-state index in [0.29, 0.717) is 6.04 Å². The van der Waals surface area contributed by atoms with E-state index < -0.39 is 0 Å². The Hall–Kier alpha value is -0.960. The molecule has 0 aliphatic carbocycles. The summed E-state index contributed by atoms with van der Waals surface area (Å²) in [5, 5.41) is 4.70. The van der Waals surface area contributed by atoms with Gasteiger partial charge in [-0.2, -0.15) is 0 Å². The molecule has 1 atom stereocenters. The largest absolute Gasteiger partial charge is 0.361 e. The number of benzene rings is 1. The molecular formula is C16H24N2S. The molecule has 3 heteroatoms. The summed E-state index contributed by atoms with van der Waals surface area (Å²) in [6.45, 7) is 5.48. The third kappa shape index (κ3) is 4.57. The van der Waals surface area contributed by atoms with Gasteiger partial charge in [0.1, 0.15) is 0 Å². The lowest BCUT2D eigenvalue weighted by molar-refractivity contribution is 0.505. The molecule has 0 saturated carbocycles. The highest BCUT2D eigenvalue weighted by Crippen LogP contribution is 2.18. The lowest BCUT2D eigenvalue weighted by Gasteiger charge is -2.11. The van der Waals surface area contributed by atoms with Crippen molar-refractivity contribution in [3.63, 3.8) is 0 Å². The van der Waals surface area contributed by atoms with Crippen LogP contribution in [0.15, 0.2) is 35.3 Å². The van der Waals surface area contributed by atoms with E-state index in [2.05, 4.69) is 49.5 Å². The average Bonchev–Trinajstić information content (AvgIpc) is 2.89. The number of amidine groups is 1. The molecule has 0 bridgehead atoms. The van der Waals surface area contributed by atoms with Gasteiger partial charge < -0.3 is 5.32 Å². The lowest BCUT2D eigenvalue weighted by atomic mass is 10.0. The van der Waals surface area contributed by atoms with Gasteiger partial charge in [0, 0.05) is 18.3 Å². The van der Waals surface area contributed by atoms with E-state index in [1.54, 1.807) is 0 Å². The van der Waals surface area contributed by atoms with Crippen molar-refractivity contribution < 1.29 is 0 Å². The van der Waals surface area contributed by atoms with Crippen molar-refractivity contribution in [3.05, 3.63) is 35.9 Å². The minimum Gasteiger partial charge on any atom is -0.361 e. The zero-order valence-corrected chi connectivity index (χ0v) is 12.7. The van der Waals surface area contributed by atoms with Crippen LogP contribution in [-0.2, 0) is 6.42 Å². The Morgan fingerprint density at radius 3 is 2.68 bits per heavy atom. The predicted molar refractivity (Wildman–Crippen MR) is 85.9 cm³/mol. The number of nitrogens with zero attached hydrogens (tertiary/aromatic N) is 1. The van der Waals surface area contributed by atoms with Gasteiger partial charge in [-0.3, -0.25) is 4.99 Å². The second-order valence-corrected chi connectivity index (χ2v) is 6.18. The maximum Gasteiger partial charge on any atom is 0.156 e. The minimum atomic E-state index is 0.535. The SMILES string of the molecule is CCC(CC)CN=C1NC(Cc2ccccc2)CS1. The minimum absolute atomic E-state index is 0.535. The monoisotopic (exact) mass is 276 g/mol. The van der Waals surface area contributed by atoms with Crippen molar-refractivity contribution in [2.75, 3.05) is 12.3 Å². The van der Waals surface area contributed by atoms with Gasteiger partial charge >= 0.3 is 0 Å². The molecule has 104 valence electrons. The molecule has 1 unspecified atom stereocenters. The van der Waals surface area contributed by atoms with Crippen molar-refractivity contribution in [3.8, 4) is 0 Å². The number of thioether (sulfide) groups is 1. The Labute approximate surface area is 121 Å². The van der Waals surface area contributed by atoms with Crippen LogP contribution < -0.4 is 5.32 Å². The van der Waals surface area contributed by atoms with Crippen LogP contribution in [0.2, 0.25) is 0 Å². The molecule has 1 saturated heterocycles. The van der Waals surface area contributed by atoms with E-state index in [9.17, 15) is 0 Å². The second-order valence-electron chi connectivity index (χ2n) is 5.17. The van der Waals surface area contributed by atoms with E-state index in [-0.39, 0.29) is 0 Å². The highest BCUT2D eigenvalue weighted by Gasteiger charge is 2.20. The number of hydrogen-bond acceptors (Lipinski definition) is 2. The van der Waals surface area contributed by atoms with Crippen molar-refractivity contribution in [1.82, 2.24) is 5.32 Å². The summed E-state index contributed by atoms with van der Waals surface area (Å²) in [6, 6.07) is 11.2. The highest BCUT2D eigenvalue weighted by molar-refractivity contribution is 8.14. The van der Waals surface area contributed by atoms with Gasteiger partial charge in [-0.25, -0.2) is 0 Å². The fourth-order valence-electron chi connectivity index (χ4n) is 2.30. The highest BCUT2D eigenvalue weighted by atomic mass is 32.2. The van der Waals surface area contributed by atoms with Gasteiger partial charge in [-0.05, 0) is 17.9 Å². The Balaban J connectivity index is 1.81. The fourth-order valence-corrected chi connectivity index (χ4v) is 3.27. The Bertz CT molecular complexity index is 398. The summed E-state index contributed by atoms with van der Waals surface area (Å²) in [5.41, 5.74) is 1.40. The van der Waals surface area contributed by atoms with Gasteiger partial charge in [0.2, 0.25) is 0 Å². The molecule has 1 aliphatic heterocycles. The molecule has 0 spiro atoms. The first-order valence-corrected chi connectivity index (χ1v) is 8.28.